The maximum atomic E-state index is 8.92. The Labute approximate surface area is 73.4 Å². The zero-order chi connectivity index (χ0) is 8.97. The molecule has 0 bridgehead atoms. The highest BCUT2D eigenvalue weighted by Crippen LogP contribution is 2.11. The molecule has 1 aromatic rings. The van der Waals surface area contributed by atoms with Crippen LogP contribution >= 0.6 is 0 Å². The standard InChI is InChI=1S/C11H14O/c1-3-4-10-5-6-11(8-12)9(2)7-10/h3-7,12H,8H2,1-2H3. The molecule has 1 rings (SSSR count). The summed E-state index contributed by atoms with van der Waals surface area (Å²) >= 11 is 0. The first-order chi connectivity index (χ1) is 5.77. The molecule has 0 radical (unpaired) electrons. The first-order valence-electron chi connectivity index (χ1n) is 4.11. The molecule has 1 nitrogen and oxygen atoms in total. The summed E-state index contributed by atoms with van der Waals surface area (Å²) in [5.74, 6) is 0. The molecular weight excluding hydrogens is 148 g/mol. The minimum absolute atomic E-state index is 0.127. The Balaban J connectivity index is 3.01. The van der Waals surface area contributed by atoms with Crippen molar-refractivity contribution in [3.8, 4) is 0 Å². The molecule has 0 fully saturated rings. The fraction of sp³-hybridized carbons (Fsp3) is 0.273. The molecule has 0 saturated carbocycles. The summed E-state index contributed by atoms with van der Waals surface area (Å²) in [6.07, 6.45) is 4.06. The third-order valence-corrected chi connectivity index (χ3v) is 1.90. The van der Waals surface area contributed by atoms with Gasteiger partial charge in [0, 0.05) is 0 Å². The van der Waals surface area contributed by atoms with Crippen LogP contribution in [0.4, 0.5) is 0 Å². The van der Waals surface area contributed by atoms with Crippen molar-refractivity contribution in [3.05, 3.63) is 41.0 Å². The summed E-state index contributed by atoms with van der Waals surface area (Å²) in [5.41, 5.74) is 3.34. The van der Waals surface area contributed by atoms with E-state index in [2.05, 4.69) is 6.07 Å². The average molecular weight is 162 g/mol. The number of hydrogen-bond acceptors (Lipinski definition) is 1. The first-order valence-corrected chi connectivity index (χ1v) is 4.11. The van der Waals surface area contributed by atoms with Gasteiger partial charge in [0.05, 0.1) is 6.61 Å². The largest absolute Gasteiger partial charge is 0.392 e. The van der Waals surface area contributed by atoms with E-state index in [-0.39, 0.29) is 6.61 Å². The van der Waals surface area contributed by atoms with E-state index in [1.165, 1.54) is 5.56 Å². The van der Waals surface area contributed by atoms with E-state index in [1.807, 2.05) is 38.1 Å². The topological polar surface area (TPSA) is 20.2 Å². The van der Waals surface area contributed by atoms with Crippen molar-refractivity contribution >= 4 is 6.08 Å². The maximum Gasteiger partial charge on any atom is 0.0684 e. The summed E-state index contributed by atoms with van der Waals surface area (Å²) in [6.45, 7) is 4.13. The molecule has 0 amide bonds. The lowest BCUT2D eigenvalue weighted by Gasteiger charge is -2.02. The molecule has 1 aromatic carbocycles. The second-order valence-electron chi connectivity index (χ2n) is 2.84. The smallest absolute Gasteiger partial charge is 0.0684 e. The highest BCUT2D eigenvalue weighted by molar-refractivity contribution is 5.51. The number of rotatable bonds is 2. The zero-order valence-electron chi connectivity index (χ0n) is 7.54. The highest BCUT2D eigenvalue weighted by atomic mass is 16.3. The Morgan fingerprint density at radius 2 is 2.17 bits per heavy atom. The van der Waals surface area contributed by atoms with Crippen molar-refractivity contribution in [2.24, 2.45) is 0 Å². The number of aliphatic hydroxyl groups is 1. The number of aliphatic hydroxyl groups excluding tert-OH is 1. The Hall–Kier alpha value is -1.08. The number of hydrogen-bond donors (Lipinski definition) is 1. The van der Waals surface area contributed by atoms with E-state index < -0.39 is 0 Å². The molecule has 0 unspecified atom stereocenters. The van der Waals surface area contributed by atoms with Gasteiger partial charge >= 0.3 is 0 Å². The molecule has 0 atom stereocenters. The summed E-state index contributed by atoms with van der Waals surface area (Å²) in [7, 11) is 0. The van der Waals surface area contributed by atoms with Gasteiger partial charge in [-0.15, -0.1) is 0 Å². The van der Waals surface area contributed by atoms with Gasteiger partial charge < -0.3 is 5.11 Å². The van der Waals surface area contributed by atoms with Gasteiger partial charge in [0.2, 0.25) is 0 Å². The molecule has 0 aliphatic heterocycles. The second-order valence-corrected chi connectivity index (χ2v) is 2.84. The van der Waals surface area contributed by atoms with Crippen LogP contribution in [0.3, 0.4) is 0 Å². The summed E-state index contributed by atoms with van der Waals surface area (Å²) < 4.78 is 0. The fourth-order valence-electron chi connectivity index (χ4n) is 1.19. The van der Waals surface area contributed by atoms with Crippen molar-refractivity contribution < 1.29 is 5.11 Å². The monoisotopic (exact) mass is 162 g/mol. The SMILES string of the molecule is CC=Cc1ccc(CO)c(C)c1. The van der Waals surface area contributed by atoms with Crippen molar-refractivity contribution in [2.75, 3.05) is 0 Å². The summed E-state index contributed by atoms with van der Waals surface area (Å²) in [6, 6.07) is 6.05. The predicted molar refractivity (Wildman–Crippen MR) is 51.8 cm³/mol. The van der Waals surface area contributed by atoms with Crippen LogP contribution in [0, 0.1) is 6.92 Å². The molecule has 12 heavy (non-hydrogen) atoms. The molecule has 1 N–H and O–H groups in total. The Bertz CT molecular complexity index is 287. The summed E-state index contributed by atoms with van der Waals surface area (Å²) in [5, 5.41) is 8.92. The Morgan fingerprint density at radius 3 is 2.67 bits per heavy atom. The average Bonchev–Trinajstić information content (AvgIpc) is 2.05. The van der Waals surface area contributed by atoms with E-state index in [9.17, 15) is 0 Å². The van der Waals surface area contributed by atoms with Crippen LogP contribution in [-0.2, 0) is 6.61 Å². The minimum atomic E-state index is 0.127. The molecule has 0 saturated heterocycles. The molecule has 0 heterocycles. The van der Waals surface area contributed by atoms with Crippen molar-refractivity contribution in [3.63, 3.8) is 0 Å². The lowest BCUT2D eigenvalue weighted by molar-refractivity contribution is 0.281. The van der Waals surface area contributed by atoms with E-state index >= 15 is 0 Å². The lowest BCUT2D eigenvalue weighted by atomic mass is 10.1. The van der Waals surface area contributed by atoms with E-state index in [0.717, 1.165) is 11.1 Å². The van der Waals surface area contributed by atoms with E-state index in [4.69, 9.17) is 5.11 Å². The lowest BCUT2D eigenvalue weighted by Crippen LogP contribution is -1.88. The van der Waals surface area contributed by atoms with Gasteiger partial charge in [-0.1, -0.05) is 30.4 Å². The van der Waals surface area contributed by atoms with Gasteiger partial charge in [-0.2, -0.15) is 0 Å². The minimum Gasteiger partial charge on any atom is -0.392 e. The van der Waals surface area contributed by atoms with Crippen LogP contribution in [0.2, 0.25) is 0 Å². The molecular formula is C11H14O. The quantitative estimate of drug-likeness (QED) is 0.708. The van der Waals surface area contributed by atoms with Crippen LogP contribution in [0.1, 0.15) is 23.6 Å². The second kappa shape index (κ2) is 4.07. The highest BCUT2D eigenvalue weighted by Gasteiger charge is 1.95. The van der Waals surface area contributed by atoms with Gasteiger partial charge in [0.25, 0.3) is 0 Å². The molecule has 0 aliphatic rings. The Kier molecular flexibility index (Phi) is 3.06. The van der Waals surface area contributed by atoms with Crippen LogP contribution in [0.15, 0.2) is 24.3 Å². The maximum absolute atomic E-state index is 8.92. The van der Waals surface area contributed by atoms with Crippen LogP contribution in [0.25, 0.3) is 6.08 Å². The zero-order valence-corrected chi connectivity index (χ0v) is 7.54. The summed E-state index contributed by atoms with van der Waals surface area (Å²) in [4.78, 5) is 0. The molecule has 0 spiro atoms. The van der Waals surface area contributed by atoms with Crippen LogP contribution in [0.5, 0.6) is 0 Å². The van der Waals surface area contributed by atoms with Crippen LogP contribution < -0.4 is 0 Å². The first kappa shape index (κ1) is 9.01. The van der Waals surface area contributed by atoms with Gasteiger partial charge in [-0.3, -0.25) is 0 Å². The van der Waals surface area contributed by atoms with E-state index in [1.54, 1.807) is 0 Å². The van der Waals surface area contributed by atoms with Gasteiger partial charge in [-0.25, -0.2) is 0 Å². The number of allylic oxidation sites excluding steroid dienone is 1. The van der Waals surface area contributed by atoms with Gasteiger partial charge in [0.15, 0.2) is 0 Å². The number of benzene rings is 1. The molecule has 0 aliphatic carbocycles. The third-order valence-electron chi connectivity index (χ3n) is 1.90. The van der Waals surface area contributed by atoms with Crippen molar-refractivity contribution in [1.29, 1.82) is 0 Å². The van der Waals surface area contributed by atoms with Gasteiger partial charge in [-0.05, 0) is 30.5 Å². The predicted octanol–water partition coefficient (Wildman–Crippen LogP) is 2.52. The Morgan fingerprint density at radius 1 is 1.42 bits per heavy atom. The molecule has 64 valence electrons. The third kappa shape index (κ3) is 1.95. The molecule has 1 heteroatoms. The van der Waals surface area contributed by atoms with E-state index in [0.29, 0.717) is 0 Å². The fourth-order valence-corrected chi connectivity index (χ4v) is 1.19. The van der Waals surface area contributed by atoms with Crippen LogP contribution in [-0.4, -0.2) is 5.11 Å². The van der Waals surface area contributed by atoms with Crippen molar-refractivity contribution in [1.82, 2.24) is 0 Å². The normalized spacial score (nSPS) is 10.9. The number of aryl methyl sites for hydroxylation is 1. The van der Waals surface area contributed by atoms with Crippen molar-refractivity contribution in [2.45, 2.75) is 20.5 Å². The van der Waals surface area contributed by atoms with Gasteiger partial charge in [0.1, 0.15) is 0 Å². The molecule has 0 aromatic heterocycles.